The van der Waals surface area contributed by atoms with Crippen molar-refractivity contribution in [3.8, 4) is 5.75 Å². The number of hydrogen-bond donors (Lipinski definition) is 1. The number of aromatic carboxylic acids is 1. The Morgan fingerprint density at radius 1 is 1.53 bits per heavy atom. The summed E-state index contributed by atoms with van der Waals surface area (Å²) in [6, 6.07) is 3.45. The number of nitro groups is 1. The number of nitrogens with zero attached hydrogens (tertiary/aromatic N) is 1. The molecule has 0 aliphatic carbocycles. The molecule has 6 nitrogen and oxygen atoms in total. The van der Waals surface area contributed by atoms with Crippen LogP contribution in [0.15, 0.2) is 18.2 Å². The molecule has 0 bridgehead atoms. The summed E-state index contributed by atoms with van der Waals surface area (Å²) in [5, 5.41) is 19.5. The van der Waals surface area contributed by atoms with E-state index in [9.17, 15) is 14.9 Å². The van der Waals surface area contributed by atoms with E-state index >= 15 is 0 Å². The first-order valence-electron chi connectivity index (χ1n) is 5.06. The fraction of sp³-hybridized carbons (Fsp3) is 0.364. The van der Waals surface area contributed by atoms with Gasteiger partial charge in [-0.25, -0.2) is 4.79 Å². The van der Waals surface area contributed by atoms with Crippen LogP contribution < -0.4 is 4.74 Å². The molecule has 0 unspecified atom stereocenters. The number of ether oxygens (including phenoxy) is 1. The summed E-state index contributed by atoms with van der Waals surface area (Å²) in [5.74, 6) is -0.935. The van der Waals surface area contributed by atoms with Crippen molar-refractivity contribution in [2.75, 3.05) is 6.61 Å². The van der Waals surface area contributed by atoms with Crippen molar-refractivity contribution in [2.45, 2.75) is 13.8 Å². The van der Waals surface area contributed by atoms with Crippen LogP contribution in [-0.4, -0.2) is 22.6 Å². The zero-order chi connectivity index (χ0) is 13.0. The summed E-state index contributed by atoms with van der Waals surface area (Å²) in [6.07, 6.45) is 0. The normalized spacial score (nSPS) is 10.3. The van der Waals surface area contributed by atoms with E-state index in [1.165, 1.54) is 6.07 Å². The first-order valence-corrected chi connectivity index (χ1v) is 5.06. The molecule has 0 aliphatic heterocycles. The standard InChI is InChI=1S/C11H13NO5/c1-7(2)6-17-10-5-8(12(15)16)3-4-9(10)11(13)14/h3-5,7H,6H2,1-2H3,(H,13,14). The number of non-ortho nitro benzene ring substituents is 1. The summed E-state index contributed by atoms with van der Waals surface area (Å²) >= 11 is 0. The van der Waals surface area contributed by atoms with E-state index in [0.29, 0.717) is 6.61 Å². The largest absolute Gasteiger partial charge is 0.492 e. The number of nitro benzene ring substituents is 1. The Morgan fingerprint density at radius 2 is 2.18 bits per heavy atom. The minimum absolute atomic E-state index is 0.0281. The summed E-state index contributed by atoms with van der Waals surface area (Å²) in [7, 11) is 0. The predicted molar refractivity (Wildman–Crippen MR) is 60.4 cm³/mol. The maximum atomic E-state index is 10.9. The summed E-state index contributed by atoms with van der Waals surface area (Å²) in [6.45, 7) is 4.11. The van der Waals surface area contributed by atoms with Crippen molar-refractivity contribution in [2.24, 2.45) is 5.92 Å². The lowest BCUT2D eigenvalue weighted by Gasteiger charge is -2.10. The molecular formula is C11H13NO5. The van der Waals surface area contributed by atoms with E-state index in [1.807, 2.05) is 13.8 Å². The molecule has 6 heteroatoms. The molecule has 1 aromatic carbocycles. The smallest absolute Gasteiger partial charge is 0.339 e. The van der Waals surface area contributed by atoms with Crippen molar-refractivity contribution in [1.29, 1.82) is 0 Å². The van der Waals surface area contributed by atoms with Crippen LogP contribution in [0.4, 0.5) is 5.69 Å². The third-order valence-corrected chi connectivity index (χ3v) is 1.98. The van der Waals surface area contributed by atoms with Crippen molar-refractivity contribution in [3.63, 3.8) is 0 Å². The van der Waals surface area contributed by atoms with Gasteiger partial charge in [0.2, 0.25) is 0 Å². The molecule has 0 aliphatic rings. The molecule has 0 saturated heterocycles. The first kappa shape index (κ1) is 13.0. The molecule has 0 atom stereocenters. The average molecular weight is 239 g/mol. The van der Waals surface area contributed by atoms with E-state index < -0.39 is 10.9 Å². The van der Waals surface area contributed by atoms with Crippen LogP contribution in [0.2, 0.25) is 0 Å². The average Bonchev–Trinajstić information content (AvgIpc) is 2.25. The topological polar surface area (TPSA) is 89.7 Å². The molecule has 0 aromatic heterocycles. The zero-order valence-electron chi connectivity index (χ0n) is 9.54. The highest BCUT2D eigenvalue weighted by Gasteiger charge is 2.16. The monoisotopic (exact) mass is 239 g/mol. The Balaban J connectivity index is 3.07. The Bertz CT molecular complexity index is 441. The van der Waals surface area contributed by atoms with E-state index in [1.54, 1.807) is 0 Å². The second kappa shape index (κ2) is 5.29. The van der Waals surface area contributed by atoms with Gasteiger partial charge in [-0.05, 0) is 12.0 Å². The highest BCUT2D eigenvalue weighted by Crippen LogP contribution is 2.25. The van der Waals surface area contributed by atoms with Crippen LogP contribution in [0, 0.1) is 16.0 Å². The van der Waals surface area contributed by atoms with Gasteiger partial charge in [-0.1, -0.05) is 13.8 Å². The van der Waals surface area contributed by atoms with E-state index in [-0.39, 0.29) is 22.9 Å². The Labute approximate surface area is 98.0 Å². The molecule has 1 aromatic rings. The van der Waals surface area contributed by atoms with Gasteiger partial charge in [0.25, 0.3) is 5.69 Å². The molecular weight excluding hydrogens is 226 g/mol. The number of hydrogen-bond acceptors (Lipinski definition) is 4. The first-order chi connectivity index (χ1) is 7.91. The number of carbonyl (C=O) groups is 1. The lowest BCUT2D eigenvalue weighted by atomic mass is 10.2. The van der Waals surface area contributed by atoms with E-state index in [4.69, 9.17) is 9.84 Å². The predicted octanol–water partition coefficient (Wildman–Crippen LogP) is 2.33. The molecule has 1 N–H and O–H groups in total. The quantitative estimate of drug-likeness (QED) is 0.629. The van der Waals surface area contributed by atoms with Crippen LogP contribution in [0.1, 0.15) is 24.2 Å². The van der Waals surface area contributed by atoms with Crippen LogP contribution in [0.5, 0.6) is 5.75 Å². The van der Waals surface area contributed by atoms with E-state index in [0.717, 1.165) is 12.1 Å². The van der Waals surface area contributed by atoms with Gasteiger partial charge in [0.1, 0.15) is 11.3 Å². The zero-order valence-corrected chi connectivity index (χ0v) is 9.54. The summed E-state index contributed by atoms with van der Waals surface area (Å²) < 4.78 is 5.27. The van der Waals surface area contributed by atoms with Crippen LogP contribution in [0.3, 0.4) is 0 Å². The molecule has 0 fully saturated rings. The highest BCUT2D eigenvalue weighted by molar-refractivity contribution is 5.91. The minimum Gasteiger partial charge on any atom is -0.492 e. The van der Waals surface area contributed by atoms with E-state index in [2.05, 4.69) is 0 Å². The van der Waals surface area contributed by atoms with Gasteiger partial charge in [-0.2, -0.15) is 0 Å². The summed E-state index contributed by atoms with van der Waals surface area (Å²) in [5.41, 5.74) is -0.259. The molecule has 0 radical (unpaired) electrons. The van der Waals surface area contributed by atoms with Crippen LogP contribution >= 0.6 is 0 Å². The van der Waals surface area contributed by atoms with Gasteiger partial charge in [-0.15, -0.1) is 0 Å². The maximum Gasteiger partial charge on any atom is 0.339 e. The molecule has 0 saturated carbocycles. The van der Waals surface area contributed by atoms with Gasteiger partial charge >= 0.3 is 5.97 Å². The van der Waals surface area contributed by atoms with Gasteiger partial charge < -0.3 is 9.84 Å². The fourth-order valence-electron chi connectivity index (χ4n) is 1.18. The number of carboxylic acid groups (broad SMARTS) is 1. The lowest BCUT2D eigenvalue weighted by Crippen LogP contribution is -2.09. The van der Waals surface area contributed by atoms with Crippen molar-refractivity contribution >= 4 is 11.7 Å². The van der Waals surface area contributed by atoms with Crippen molar-refractivity contribution in [3.05, 3.63) is 33.9 Å². The second-order valence-corrected chi connectivity index (χ2v) is 3.95. The van der Waals surface area contributed by atoms with Crippen LogP contribution in [0.25, 0.3) is 0 Å². The molecule has 92 valence electrons. The molecule has 1 rings (SSSR count). The number of benzene rings is 1. The van der Waals surface area contributed by atoms with Crippen LogP contribution in [-0.2, 0) is 0 Å². The Kier molecular flexibility index (Phi) is 4.03. The maximum absolute atomic E-state index is 10.9. The highest BCUT2D eigenvalue weighted by atomic mass is 16.6. The molecule has 0 spiro atoms. The third-order valence-electron chi connectivity index (χ3n) is 1.98. The summed E-state index contributed by atoms with van der Waals surface area (Å²) in [4.78, 5) is 20.9. The fourth-order valence-corrected chi connectivity index (χ4v) is 1.18. The molecule has 0 amide bonds. The number of rotatable bonds is 5. The minimum atomic E-state index is -1.17. The second-order valence-electron chi connectivity index (χ2n) is 3.95. The van der Waals surface area contributed by atoms with Crippen molar-refractivity contribution in [1.82, 2.24) is 0 Å². The molecule has 17 heavy (non-hydrogen) atoms. The van der Waals surface area contributed by atoms with Gasteiger partial charge in [0.05, 0.1) is 17.6 Å². The van der Waals surface area contributed by atoms with Gasteiger partial charge in [0, 0.05) is 6.07 Å². The molecule has 0 heterocycles. The third kappa shape index (κ3) is 3.44. The van der Waals surface area contributed by atoms with Crippen molar-refractivity contribution < 1.29 is 19.6 Å². The Morgan fingerprint density at radius 3 is 2.65 bits per heavy atom. The van der Waals surface area contributed by atoms with Gasteiger partial charge in [-0.3, -0.25) is 10.1 Å². The van der Waals surface area contributed by atoms with Gasteiger partial charge in [0.15, 0.2) is 0 Å². The Hall–Kier alpha value is -2.11. The number of carboxylic acids is 1. The lowest BCUT2D eigenvalue weighted by molar-refractivity contribution is -0.384. The SMILES string of the molecule is CC(C)COc1cc([N+](=O)[O-])ccc1C(=O)O.